The molecule has 92 valence electrons. The van der Waals surface area contributed by atoms with Gasteiger partial charge in [0, 0.05) is 16.9 Å². The highest BCUT2D eigenvalue weighted by molar-refractivity contribution is 7.80. The lowest BCUT2D eigenvalue weighted by atomic mass is 10.1. The number of anilines is 2. The highest BCUT2D eigenvalue weighted by Crippen LogP contribution is 2.20. The summed E-state index contributed by atoms with van der Waals surface area (Å²) in [6.07, 6.45) is 0. The van der Waals surface area contributed by atoms with E-state index in [1.54, 1.807) is 12.1 Å². The van der Waals surface area contributed by atoms with Gasteiger partial charge in [-0.25, -0.2) is 4.39 Å². The summed E-state index contributed by atoms with van der Waals surface area (Å²) in [6.45, 7) is 1.95. The first-order chi connectivity index (χ1) is 8.56. The third-order valence-electron chi connectivity index (χ3n) is 2.62. The van der Waals surface area contributed by atoms with Crippen molar-refractivity contribution < 1.29 is 4.39 Å². The first-order valence-electron chi connectivity index (χ1n) is 5.49. The van der Waals surface area contributed by atoms with Crippen molar-refractivity contribution in [1.29, 1.82) is 0 Å². The Balaban J connectivity index is 2.22. The van der Waals surface area contributed by atoms with Gasteiger partial charge < -0.3 is 11.1 Å². The number of halogens is 1. The monoisotopic (exact) mass is 260 g/mol. The average molecular weight is 260 g/mol. The number of hydrogen-bond acceptors (Lipinski definition) is 2. The summed E-state index contributed by atoms with van der Waals surface area (Å²) in [5, 5.41) is 3.19. The Bertz CT molecular complexity index is 579. The van der Waals surface area contributed by atoms with E-state index < -0.39 is 0 Å². The summed E-state index contributed by atoms with van der Waals surface area (Å²) < 4.78 is 12.8. The molecule has 0 unspecified atom stereocenters. The van der Waals surface area contributed by atoms with Crippen LogP contribution in [0.4, 0.5) is 15.8 Å². The number of hydrogen-bond donors (Lipinski definition) is 2. The van der Waals surface area contributed by atoms with Crippen LogP contribution in [0.25, 0.3) is 0 Å². The first-order valence-corrected chi connectivity index (χ1v) is 5.90. The van der Waals surface area contributed by atoms with Crippen LogP contribution in [0, 0.1) is 12.7 Å². The molecule has 2 aromatic rings. The van der Waals surface area contributed by atoms with Crippen molar-refractivity contribution >= 4 is 28.6 Å². The van der Waals surface area contributed by atoms with Crippen molar-refractivity contribution in [2.24, 2.45) is 5.73 Å². The maximum atomic E-state index is 12.8. The molecular weight excluding hydrogens is 247 g/mol. The van der Waals surface area contributed by atoms with Crippen molar-refractivity contribution in [3.05, 3.63) is 59.4 Å². The zero-order valence-corrected chi connectivity index (χ0v) is 10.7. The summed E-state index contributed by atoms with van der Waals surface area (Å²) in [4.78, 5) is 0.390. The minimum Gasteiger partial charge on any atom is -0.389 e. The second-order valence-corrected chi connectivity index (χ2v) is 4.47. The molecule has 0 radical (unpaired) electrons. The molecule has 18 heavy (non-hydrogen) atoms. The number of nitrogens with two attached hydrogens (primary N) is 1. The normalized spacial score (nSPS) is 10.1. The zero-order chi connectivity index (χ0) is 13.1. The molecule has 0 aliphatic heterocycles. The molecule has 0 atom stereocenters. The molecule has 0 spiro atoms. The molecule has 2 aromatic carbocycles. The summed E-state index contributed by atoms with van der Waals surface area (Å²) in [5.74, 6) is -0.249. The van der Waals surface area contributed by atoms with Crippen LogP contribution in [0.1, 0.15) is 11.1 Å². The Kier molecular flexibility index (Phi) is 3.58. The zero-order valence-electron chi connectivity index (χ0n) is 9.91. The number of rotatable bonds is 3. The molecule has 0 aliphatic rings. The van der Waals surface area contributed by atoms with E-state index in [9.17, 15) is 4.39 Å². The summed E-state index contributed by atoms with van der Waals surface area (Å²) in [5.41, 5.74) is 9.23. The van der Waals surface area contributed by atoms with E-state index in [1.807, 2.05) is 25.1 Å². The molecule has 4 heteroatoms. The molecule has 0 amide bonds. The van der Waals surface area contributed by atoms with Crippen LogP contribution in [-0.4, -0.2) is 4.99 Å². The molecule has 3 N–H and O–H groups in total. The van der Waals surface area contributed by atoms with E-state index in [1.165, 1.54) is 12.1 Å². The van der Waals surface area contributed by atoms with E-state index in [-0.39, 0.29) is 5.82 Å². The lowest BCUT2D eigenvalue weighted by Gasteiger charge is -2.09. The Morgan fingerprint density at radius 1 is 1.11 bits per heavy atom. The van der Waals surface area contributed by atoms with Gasteiger partial charge in [-0.2, -0.15) is 0 Å². The lowest BCUT2D eigenvalue weighted by molar-refractivity contribution is 0.628. The molecular formula is C14H13FN2S. The lowest BCUT2D eigenvalue weighted by Crippen LogP contribution is -2.11. The molecule has 0 saturated heterocycles. The molecule has 0 heterocycles. The van der Waals surface area contributed by atoms with Crippen molar-refractivity contribution in [2.45, 2.75) is 6.92 Å². The van der Waals surface area contributed by atoms with Gasteiger partial charge in [0.15, 0.2) is 0 Å². The molecule has 0 aliphatic carbocycles. The summed E-state index contributed by atoms with van der Waals surface area (Å²) in [6, 6.07) is 11.9. The number of aryl methyl sites for hydroxylation is 1. The average Bonchev–Trinajstić information content (AvgIpc) is 2.32. The quantitative estimate of drug-likeness (QED) is 0.829. The minimum absolute atomic E-state index is 0.249. The molecule has 2 rings (SSSR count). The van der Waals surface area contributed by atoms with Gasteiger partial charge in [-0.05, 0) is 55.0 Å². The second-order valence-electron chi connectivity index (χ2n) is 4.03. The van der Waals surface area contributed by atoms with Crippen LogP contribution in [0.15, 0.2) is 42.5 Å². The van der Waals surface area contributed by atoms with Gasteiger partial charge in [-0.3, -0.25) is 0 Å². The van der Waals surface area contributed by atoms with Crippen molar-refractivity contribution in [3.8, 4) is 0 Å². The van der Waals surface area contributed by atoms with Crippen LogP contribution in [0.3, 0.4) is 0 Å². The minimum atomic E-state index is -0.249. The largest absolute Gasteiger partial charge is 0.389 e. The van der Waals surface area contributed by atoms with Crippen LogP contribution in [0.2, 0.25) is 0 Å². The molecule has 0 fully saturated rings. The fraction of sp³-hybridized carbons (Fsp3) is 0.0714. The van der Waals surface area contributed by atoms with E-state index in [2.05, 4.69) is 5.32 Å². The van der Waals surface area contributed by atoms with Crippen molar-refractivity contribution in [1.82, 2.24) is 0 Å². The highest BCUT2D eigenvalue weighted by Gasteiger charge is 2.02. The number of nitrogens with one attached hydrogen (secondary N) is 1. The molecule has 0 saturated carbocycles. The second kappa shape index (κ2) is 5.14. The predicted octanol–water partition coefficient (Wildman–Crippen LogP) is 3.51. The number of thiocarbonyl (C=S) groups is 1. The van der Waals surface area contributed by atoms with Gasteiger partial charge >= 0.3 is 0 Å². The van der Waals surface area contributed by atoms with Crippen LogP contribution < -0.4 is 11.1 Å². The number of benzene rings is 2. The van der Waals surface area contributed by atoms with Gasteiger partial charge in [0.1, 0.15) is 10.8 Å². The van der Waals surface area contributed by atoms with Gasteiger partial charge in [0.25, 0.3) is 0 Å². The summed E-state index contributed by atoms with van der Waals surface area (Å²) in [7, 11) is 0. The Hall–Kier alpha value is -1.94. The predicted molar refractivity (Wildman–Crippen MR) is 76.7 cm³/mol. The maximum absolute atomic E-state index is 12.8. The van der Waals surface area contributed by atoms with Crippen LogP contribution in [-0.2, 0) is 0 Å². The fourth-order valence-electron chi connectivity index (χ4n) is 1.72. The SMILES string of the molecule is Cc1cc(Nc2ccc(F)cc2)ccc1C(N)=S. The topological polar surface area (TPSA) is 38.0 Å². The van der Waals surface area contributed by atoms with E-state index in [0.717, 1.165) is 22.5 Å². The van der Waals surface area contributed by atoms with Crippen molar-refractivity contribution in [2.75, 3.05) is 5.32 Å². The van der Waals surface area contributed by atoms with Crippen LogP contribution in [0.5, 0.6) is 0 Å². The smallest absolute Gasteiger partial charge is 0.123 e. The molecule has 0 aromatic heterocycles. The standard InChI is InChI=1S/C14H13FN2S/c1-9-8-12(6-7-13(9)14(16)18)17-11-4-2-10(15)3-5-11/h2-8,17H,1H3,(H2,16,18). The van der Waals surface area contributed by atoms with E-state index >= 15 is 0 Å². The third kappa shape index (κ3) is 2.84. The fourth-order valence-corrected chi connectivity index (χ4v) is 1.95. The third-order valence-corrected chi connectivity index (χ3v) is 2.84. The van der Waals surface area contributed by atoms with E-state index in [0.29, 0.717) is 4.99 Å². The Morgan fingerprint density at radius 2 is 1.72 bits per heavy atom. The van der Waals surface area contributed by atoms with Crippen LogP contribution >= 0.6 is 12.2 Å². The van der Waals surface area contributed by atoms with Gasteiger partial charge in [-0.1, -0.05) is 12.2 Å². The summed E-state index contributed by atoms with van der Waals surface area (Å²) >= 11 is 4.95. The Labute approximate surface area is 111 Å². The Morgan fingerprint density at radius 3 is 2.28 bits per heavy atom. The van der Waals surface area contributed by atoms with Gasteiger partial charge in [0.05, 0.1) is 0 Å². The molecule has 0 bridgehead atoms. The van der Waals surface area contributed by atoms with Gasteiger partial charge in [-0.15, -0.1) is 0 Å². The maximum Gasteiger partial charge on any atom is 0.123 e. The molecule has 2 nitrogen and oxygen atoms in total. The first kappa shape index (κ1) is 12.5. The van der Waals surface area contributed by atoms with Gasteiger partial charge in [0.2, 0.25) is 0 Å². The van der Waals surface area contributed by atoms with Crippen molar-refractivity contribution in [3.63, 3.8) is 0 Å². The van der Waals surface area contributed by atoms with E-state index in [4.69, 9.17) is 18.0 Å². The highest BCUT2D eigenvalue weighted by atomic mass is 32.1.